The van der Waals surface area contributed by atoms with Gasteiger partial charge in [0.2, 0.25) is 5.78 Å². The summed E-state index contributed by atoms with van der Waals surface area (Å²) in [6.07, 6.45) is 0.840. The van der Waals surface area contributed by atoms with Gasteiger partial charge in [0.15, 0.2) is 7.14 Å². The van der Waals surface area contributed by atoms with Gasteiger partial charge in [-0.15, -0.1) is 0 Å². The van der Waals surface area contributed by atoms with Gasteiger partial charge in [-0.2, -0.15) is 8.78 Å². The highest BCUT2D eigenvalue weighted by Crippen LogP contribution is 2.55. The number of carbonyl (C=O) groups excluding carboxylic acids is 1. The average Bonchev–Trinajstić information content (AvgIpc) is 2.30. The normalized spacial score (nSPS) is 12.5. The minimum Gasteiger partial charge on any atom is -0.506 e. The Balaban J connectivity index is 3.44. The molecule has 0 aliphatic rings. The van der Waals surface area contributed by atoms with E-state index in [1.165, 1.54) is 6.92 Å². The lowest BCUT2D eigenvalue weighted by Crippen LogP contribution is -2.29. The van der Waals surface area contributed by atoms with Gasteiger partial charge in [0, 0.05) is 11.8 Å². The Hall–Kier alpha value is -1.33. The third-order valence-electron chi connectivity index (χ3n) is 2.69. The summed E-state index contributed by atoms with van der Waals surface area (Å²) in [4.78, 5) is 15.4. The molecule has 0 bridgehead atoms. The van der Waals surface area contributed by atoms with Crippen LogP contribution in [0.3, 0.4) is 0 Å². The topological polar surface area (TPSA) is 87.5 Å². The van der Waals surface area contributed by atoms with Gasteiger partial charge in [-0.1, -0.05) is 0 Å². The molecule has 1 rings (SSSR count). The highest BCUT2D eigenvalue weighted by atomic mass is 31.2. The van der Waals surface area contributed by atoms with Crippen molar-refractivity contribution in [3.63, 3.8) is 0 Å². The highest BCUT2D eigenvalue weighted by molar-refractivity contribution is 7.64. The first-order valence-corrected chi connectivity index (χ1v) is 7.90. The number of aromatic nitrogens is 1. The molecule has 106 valence electrons. The number of aliphatic hydroxyl groups excluding tert-OH is 1. The van der Waals surface area contributed by atoms with E-state index >= 15 is 0 Å². The van der Waals surface area contributed by atoms with Crippen molar-refractivity contribution in [2.24, 2.45) is 0 Å². The van der Waals surface area contributed by atoms with Crippen LogP contribution in [-0.2, 0) is 11.2 Å². The van der Waals surface area contributed by atoms with Crippen LogP contribution in [-0.4, -0.2) is 40.0 Å². The Labute approximate surface area is 108 Å². The van der Waals surface area contributed by atoms with E-state index in [0.717, 1.165) is 19.5 Å². The van der Waals surface area contributed by atoms with E-state index in [2.05, 4.69) is 4.98 Å². The fraction of sp³-hybridized carbons (Fsp3) is 0.455. The van der Waals surface area contributed by atoms with Crippen molar-refractivity contribution >= 4 is 12.9 Å². The molecule has 0 spiro atoms. The lowest BCUT2D eigenvalue weighted by Gasteiger charge is -2.20. The molecule has 8 heteroatoms. The zero-order chi connectivity index (χ0) is 15.0. The molecule has 0 radical (unpaired) electrons. The lowest BCUT2D eigenvalue weighted by atomic mass is 10.0. The van der Waals surface area contributed by atoms with E-state index < -0.39 is 36.5 Å². The molecule has 0 aliphatic heterocycles. The van der Waals surface area contributed by atoms with E-state index in [0.29, 0.717) is 0 Å². The number of halogens is 2. The van der Waals surface area contributed by atoms with Gasteiger partial charge in [0.25, 0.3) is 0 Å². The number of hydrogen-bond donors (Lipinski definition) is 2. The SMILES string of the molecule is Cc1ncc(C(=O)C(F)(F)P(C)(C)=O)c(CO)c1O. The first-order valence-electron chi connectivity index (χ1n) is 5.30. The third-order valence-corrected chi connectivity index (χ3v) is 4.25. The highest BCUT2D eigenvalue weighted by Gasteiger charge is 2.51. The Bertz CT molecular complexity index is 568. The summed E-state index contributed by atoms with van der Waals surface area (Å²) >= 11 is 0. The van der Waals surface area contributed by atoms with Crippen LogP contribution in [0.1, 0.15) is 21.6 Å². The minimum absolute atomic E-state index is 0.0973. The summed E-state index contributed by atoms with van der Waals surface area (Å²) in [6.45, 7) is 2.19. The number of aromatic hydroxyl groups is 1. The van der Waals surface area contributed by atoms with Gasteiger partial charge in [-0.3, -0.25) is 9.78 Å². The van der Waals surface area contributed by atoms with Gasteiger partial charge in [0.1, 0.15) is 5.75 Å². The number of rotatable bonds is 4. The van der Waals surface area contributed by atoms with Crippen molar-refractivity contribution in [3.8, 4) is 5.75 Å². The minimum atomic E-state index is -4.07. The van der Waals surface area contributed by atoms with Crippen LogP contribution in [0.5, 0.6) is 5.75 Å². The van der Waals surface area contributed by atoms with Gasteiger partial charge >= 0.3 is 5.66 Å². The number of hydrogen-bond acceptors (Lipinski definition) is 5. The van der Waals surface area contributed by atoms with E-state index in [1.807, 2.05) is 0 Å². The Kier molecular flexibility index (Phi) is 4.12. The molecule has 0 aliphatic carbocycles. The molecule has 0 atom stereocenters. The number of aliphatic hydroxyl groups is 1. The van der Waals surface area contributed by atoms with Gasteiger partial charge in [0.05, 0.1) is 17.9 Å². The van der Waals surface area contributed by atoms with Crippen molar-refractivity contribution in [1.29, 1.82) is 0 Å². The molecule has 5 nitrogen and oxygen atoms in total. The maximum absolute atomic E-state index is 13.8. The number of aryl methyl sites for hydroxylation is 1. The molecule has 2 N–H and O–H groups in total. The fourth-order valence-corrected chi connectivity index (χ4v) is 2.02. The largest absolute Gasteiger partial charge is 0.506 e. The number of Topliss-reactive ketones (excluding diaryl/α,β-unsaturated/α-hetero) is 1. The third kappa shape index (κ3) is 2.67. The molecule has 1 aromatic rings. The molecule has 1 aromatic heterocycles. The van der Waals surface area contributed by atoms with Crippen LogP contribution in [0, 0.1) is 6.92 Å². The van der Waals surface area contributed by atoms with Crippen LogP contribution in [0.4, 0.5) is 8.78 Å². The zero-order valence-electron chi connectivity index (χ0n) is 10.6. The maximum atomic E-state index is 13.8. The molecular formula is C11H14F2NO4P. The van der Waals surface area contributed by atoms with Crippen LogP contribution in [0.25, 0.3) is 0 Å². The van der Waals surface area contributed by atoms with E-state index in [-0.39, 0.29) is 11.3 Å². The monoisotopic (exact) mass is 293 g/mol. The number of pyridine rings is 1. The number of carbonyl (C=O) groups is 1. The summed E-state index contributed by atoms with van der Waals surface area (Å²) in [5.41, 5.74) is -4.94. The second kappa shape index (κ2) is 4.98. The predicted octanol–water partition coefficient (Wildman–Crippen LogP) is 1.99. The van der Waals surface area contributed by atoms with Crippen LogP contribution in [0.2, 0.25) is 0 Å². The predicted molar refractivity (Wildman–Crippen MR) is 65.3 cm³/mol. The molecular weight excluding hydrogens is 279 g/mol. The Morgan fingerprint density at radius 1 is 1.47 bits per heavy atom. The molecule has 0 unspecified atom stereocenters. The molecule has 0 saturated carbocycles. The molecule has 0 amide bonds. The van der Waals surface area contributed by atoms with Gasteiger partial charge in [-0.05, 0) is 20.3 Å². The molecule has 0 fully saturated rings. The number of nitrogens with zero attached hydrogens (tertiary/aromatic N) is 1. The standard InChI is InChI=1S/C11H14F2NO4P/c1-6-9(16)8(5-15)7(4-14-6)10(17)11(12,13)19(2,3)18/h4,15-16H,5H2,1-3H3. The molecule has 1 heterocycles. The van der Waals surface area contributed by atoms with Crippen LogP contribution < -0.4 is 0 Å². The molecule has 0 aromatic carbocycles. The Morgan fingerprint density at radius 3 is 2.42 bits per heavy atom. The van der Waals surface area contributed by atoms with Crippen molar-refractivity contribution in [2.45, 2.75) is 19.2 Å². The fourth-order valence-electron chi connectivity index (χ4n) is 1.41. The van der Waals surface area contributed by atoms with Gasteiger partial charge < -0.3 is 14.8 Å². The van der Waals surface area contributed by atoms with Gasteiger partial charge in [-0.25, -0.2) is 0 Å². The van der Waals surface area contributed by atoms with Crippen molar-refractivity contribution in [2.75, 3.05) is 13.3 Å². The van der Waals surface area contributed by atoms with Crippen molar-refractivity contribution < 1.29 is 28.4 Å². The van der Waals surface area contributed by atoms with E-state index in [9.17, 15) is 23.2 Å². The van der Waals surface area contributed by atoms with Crippen LogP contribution >= 0.6 is 7.14 Å². The summed E-state index contributed by atoms with van der Waals surface area (Å²) in [6, 6.07) is 0. The smallest absolute Gasteiger partial charge is 0.358 e. The van der Waals surface area contributed by atoms with Crippen molar-refractivity contribution in [1.82, 2.24) is 4.98 Å². The number of alkyl halides is 2. The summed E-state index contributed by atoms with van der Waals surface area (Å²) in [7, 11) is -4.02. The second-order valence-corrected chi connectivity index (χ2v) is 7.73. The lowest BCUT2D eigenvalue weighted by molar-refractivity contribution is 0.0518. The second-order valence-electron chi connectivity index (χ2n) is 4.46. The van der Waals surface area contributed by atoms with E-state index in [1.54, 1.807) is 0 Å². The summed E-state index contributed by atoms with van der Waals surface area (Å²) in [5, 5.41) is 18.7. The average molecular weight is 293 g/mol. The zero-order valence-corrected chi connectivity index (χ0v) is 11.5. The Morgan fingerprint density at radius 2 is 2.00 bits per heavy atom. The van der Waals surface area contributed by atoms with E-state index in [4.69, 9.17) is 5.11 Å². The number of ketones is 1. The first kappa shape index (κ1) is 15.7. The quantitative estimate of drug-likeness (QED) is 0.654. The summed E-state index contributed by atoms with van der Waals surface area (Å²) < 4.78 is 39.0. The van der Waals surface area contributed by atoms with Crippen molar-refractivity contribution in [3.05, 3.63) is 23.0 Å². The summed E-state index contributed by atoms with van der Waals surface area (Å²) in [5.74, 6) is -2.24. The molecule has 19 heavy (non-hydrogen) atoms. The molecule has 0 saturated heterocycles. The first-order chi connectivity index (χ1) is 8.54. The maximum Gasteiger partial charge on any atom is 0.358 e. The van der Waals surface area contributed by atoms with Crippen LogP contribution in [0.15, 0.2) is 6.20 Å².